The van der Waals surface area contributed by atoms with Crippen LogP contribution in [0.2, 0.25) is 0 Å². The zero-order chi connectivity index (χ0) is 15.7. The monoisotopic (exact) mass is 290 g/mol. The van der Waals surface area contributed by atoms with Gasteiger partial charge in [-0.3, -0.25) is 4.79 Å². The summed E-state index contributed by atoms with van der Waals surface area (Å²) in [7, 11) is 0. The topological polar surface area (TPSA) is 32.3 Å². The van der Waals surface area contributed by atoms with Crippen LogP contribution in [0.5, 0.6) is 0 Å². The van der Waals surface area contributed by atoms with Gasteiger partial charge in [-0.05, 0) is 38.3 Å². The highest BCUT2D eigenvalue weighted by Gasteiger charge is 2.16. The Bertz CT molecular complexity index is 401. The van der Waals surface area contributed by atoms with E-state index in [1.165, 1.54) is 5.56 Å². The predicted molar refractivity (Wildman–Crippen MR) is 89.1 cm³/mol. The zero-order valence-corrected chi connectivity index (χ0v) is 13.9. The van der Waals surface area contributed by atoms with Gasteiger partial charge >= 0.3 is 0 Å². The fourth-order valence-corrected chi connectivity index (χ4v) is 2.19. The molecule has 0 aromatic heterocycles. The molecule has 0 aliphatic heterocycles. The van der Waals surface area contributed by atoms with E-state index in [9.17, 15) is 4.79 Å². The van der Waals surface area contributed by atoms with E-state index in [4.69, 9.17) is 0 Å². The number of amides is 1. The molecule has 0 saturated heterocycles. The van der Waals surface area contributed by atoms with Gasteiger partial charge in [0.1, 0.15) is 0 Å². The van der Waals surface area contributed by atoms with Gasteiger partial charge in [0.05, 0.1) is 0 Å². The van der Waals surface area contributed by atoms with Gasteiger partial charge in [0.2, 0.25) is 5.91 Å². The molecule has 0 bridgehead atoms. The fourth-order valence-electron chi connectivity index (χ4n) is 2.19. The van der Waals surface area contributed by atoms with Crippen molar-refractivity contribution in [2.75, 3.05) is 13.1 Å². The molecule has 0 spiro atoms. The van der Waals surface area contributed by atoms with Crippen molar-refractivity contribution in [3.8, 4) is 0 Å². The van der Waals surface area contributed by atoms with Gasteiger partial charge in [-0.2, -0.15) is 0 Å². The van der Waals surface area contributed by atoms with E-state index in [1.54, 1.807) is 0 Å². The second-order valence-electron chi connectivity index (χ2n) is 6.28. The van der Waals surface area contributed by atoms with E-state index < -0.39 is 0 Å². The largest absolute Gasteiger partial charge is 0.336 e. The molecule has 21 heavy (non-hydrogen) atoms. The molecule has 3 heteroatoms. The van der Waals surface area contributed by atoms with Crippen LogP contribution in [-0.2, 0) is 11.3 Å². The molecule has 0 aliphatic carbocycles. The SMILES string of the molecule is CC(C)CCNCCC(=O)N(Cc1ccccc1)C(C)C. The van der Waals surface area contributed by atoms with Crippen molar-refractivity contribution in [3.63, 3.8) is 0 Å². The molecular weight excluding hydrogens is 260 g/mol. The van der Waals surface area contributed by atoms with Crippen molar-refractivity contribution in [3.05, 3.63) is 35.9 Å². The summed E-state index contributed by atoms with van der Waals surface area (Å²) in [5.41, 5.74) is 1.19. The third kappa shape index (κ3) is 7.28. The molecular formula is C18H30N2O. The summed E-state index contributed by atoms with van der Waals surface area (Å²) in [5.74, 6) is 0.935. The molecule has 0 atom stereocenters. The summed E-state index contributed by atoms with van der Waals surface area (Å²) in [6.45, 7) is 11.0. The van der Waals surface area contributed by atoms with Gasteiger partial charge in [-0.1, -0.05) is 44.2 Å². The van der Waals surface area contributed by atoms with Crippen LogP contribution in [0.3, 0.4) is 0 Å². The number of nitrogens with zero attached hydrogens (tertiary/aromatic N) is 1. The average molecular weight is 290 g/mol. The van der Waals surface area contributed by atoms with E-state index in [0.29, 0.717) is 18.9 Å². The van der Waals surface area contributed by atoms with E-state index >= 15 is 0 Å². The number of nitrogens with one attached hydrogen (secondary N) is 1. The molecule has 1 aromatic carbocycles. The molecule has 1 amide bonds. The van der Waals surface area contributed by atoms with Crippen molar-refractivity contribution in [2.45, 2.75) is 53.1 Å². The summed E-state index contributed by atoms with van der Waals surface area (Å²) < 4.78 is 0. The maximum absolute atomic E-state index is 12.4. The van der Waals surface area contributed by atoms with Crippen LogP contribution in [0.1, 0.15) is 46.1 Å². The molecule has 1 rings (SSSR count). The predicted octanol–water partition coefficient (Wildman–Crippen LogP) is 3.45. The molecule has 0 fully saturated rings. The lowest BCUT2D eigenvalue weighted by atomic mass is 10.1. The fraction of sp³-hybridized carbons (Fsp3) is 0.611. The first-order valence-corrected chi connectivity index (χ1v) is 8.04. The van der Waals surface area contributed by atoms with E-state index in [-0.39, 0.29) is 11.9 Å². The Balaban J connectivity index is 2.40. The maximum atomic E-state index is 12.4. The summed E-state index contributed by atoms with van der Waals surface area (Å²) in [6, 6.07) is 10.4. The number of carbonyl (C=O) groups excluding carboxylic acids is 1. The standard InChI is InChI=1S/C18H30N2O/c1-15(2)10-12-19-13-11-18(21)20(16(3)4)14-17-8-6-5-7-9-17/h5-9,15-16,19H,10-14H2,1-4H3. The van der Waals surface area contributed by atoms with Gasteiger partial charge in [0.25, 0.3) is 0 Å². The van der Waals surface area contributed by atoms with Gasteiger partial charge in [0, 0.05) is 25.6 Å². The van der Waals surface area contributed by atoms with Crippen molar-refractivity contribution in [1.29, 1.82) is 0 Å². The first kappa shape index (κ1) is 17.7. The highest BCUT2D eigenvalue weighted by molar-refractivity contribution is 5.76. The average Bonchev–Trinajstić information content (AvgIpc) is 2.44. The normalized spacial score (nSPS) is 11.1. The minimum Gasteiger partial charge on any atom is -0.336 e. The smallest absolute Gasteiger partial charge is 0.224 e. The molecule has 0 aliphatic rings. The lowest BCUT2D eigenvalue weighted by Gasteiger charge is -2.27. The number of hydrogen-bond donors (Lipinski definition) is 1. The van der Waals surface area contributed by atoms with Gasteiger partial charge in [-0.25, -0.2) is 0 Å². The molecule has 0 radical (unpaired) electrons. The minimum absolute atomic E-state index is 0.228. The third-order valence-electron chi connectivity index (χ3n) is 3.55. The molecule has 118 valence electrons. The Hall–Kier alpha value is -1.35. The molecule has 1 N–H and O–H groups in total. The Morgan fingerprint density at radius 1 is 1.10 bits per heavy atom. The molecule has 0 unspecified atom stereocenters. The maximum Gasteiger partial charge on any atom is 0.224 e. The van der Waals surface area contributed by atoms with Crippen molar-refractivity contribution in [2.24, 2.45) is 5.92 Å². The summed E-state index contributed by atoms with van der Waals surface area (Å²) >= 11 is 0. The summed E-state index contributed by atoms with van der Waals surface area (Å²) in [5, 5.41) is 3.36. The Kier molecular flexibility index (Phi) is 8.06. The van der Waals surface area contributed by atoms with Gasteiger partial charge in [-0.15, -0.1) is 0 Å². The lowest BCUT2D eigenvalue weighted by molar-refractivity contribution is -0.133. The van der Waals surface area contributed by atoms with Crippen molar-refractivity contribution in [1.82, 2.24) is 10.2 Å². The van der Waals surface area contributed by atoms with Crippen molar-refractivity contribution >= 4 is 5.91 Å². The first-order chi connectivity index (χ1) is 10.0. The highest BCUT2D eigenvalue weighted by Crippen LogP contribution is 2.09. The molecule has 0 heterocycles. The number of hydrogen-bond acceptors (Lipinski definition) is 2. The van der Waals surface area contributed by atoms with Crippen LogP contribution in [-0.4, -0.2) is 29.9 Å². The highest BCUT2D eigenvalue weighted by atomic mass is 16.2. The third-order valence-corrected chi connectivity index (χ3v) is 3.55. The summed E-state index contributed by atoms with van der Waals surface area (Å²) in [4.78, 5) is 14.3. The van der Waals surface area contributed by atoms with Crippen LogP contribution in [0, 0.1) is 5.92 Å². The van der Waals surface area contributed by atoms with Crippen LogP contribution in [0.25, 0.3) is 0 Å². The minimum atomic E-state index is 0.228. The molecule has 0 saturated carbocycles. The van der Waals surface area contributed by atoms with Gasteiger partial charge in [0.15, 0.2) is 0 Å². The quantitative estimate of drug-likeness (QED) is 0.707. The van der Waals surface area contributed by atoms with E-state index in [2.05, 4.69) is 45.1 Å². The van der Waals surface area contributed by atoms with E-state index in [0.717, 1.165) is 19.5 Å². The number of benzene rings is 1. The lowest BCUT2D eigenvalue weighted by Crippen LogP contribution is -2.38. The molecule has 3 nitrogen and oxygen atoms in total. The van der Waals surface area contributed by atoms with Crippen LogP contribution in [0.15, 0.2) is 30.3 Å². The second kappa shape index (κ2) is 9.56. The summed E-state index contributed by atoms with van der Waals surface area (Å²) in [6.07, 6.45) is 1.73. The molecule has 1 aromatic rings. The number of carbonyl (C=O) groups is 1. The van der Waals surface area contributed by atoms with Crippen LogP contribution < -0.4 is 5.32 Å². The first-order valence-electron chi connectivity index (χ1n) is 8.04. The second-order valence-corrected chi connectivity index (χ2v) is 6.28. The number of rotatable bonds is 9. The Morgan fingerprint density at radius 2 is 1.76 bits per heavy atom. The van der Waals surface area contributed by atoms with Crippen LogP contribution >= 0.6 is 0 Å². The zero-order valence-electron chi connectivity index (χ0n) is 13.9. The Labute approximate surface area is 129 Å². The van der Waals surface area contributed by atoms with Gasteiger partial charge < -0.3 is 10.2 Å². The Morgan fingerprint density at radius 3 is 2.33 bits per heavy atom. The van der Waals surface area contributed by atoms with Crippen LogP contribution in [0.4, 0.5) is 0 Å². The van der Waals surface area contributed by atoms with E-state index in [1.807, 2.05) is 23.1 Å². The van der Waals surface area contributed by atoms with Crippen molar-refractivity contribution < 1.29 is 4.79 Å².